The molecule has 1 aromatic heterocycles. The van der Waals surface area contributed by atoms with Gasteiger partial charge in [0.25, 0.3) is 0 Å². The van der Waals surface area contributed by atoms with E-state index in [1.807, 2.05) is 13.8 Å². The molecule has 0 bridgehead atoms. The first kappa shape index (κ1) is 13.4. The number of nitriles is 1. The smallest absolute Gasteiger partial charge is 0.103 e. The number of hydrogen-bond acceptors (Lipinski definition) is 4. The number of morpholine rings is 1. The van der Waals surface area contributed by atoms with Gasteiger partial charge in [0, 0.05) is 12.2 Å². The summed E-state index contributed by atoms with van der Waals surface area (Å²) >= 11 is 0. The lowest BCUT2D eigenvalue weighted by molar-refractivity contribution is -0.00870. The van der Waals surface area contributed by atoms with E-state index in [0.29, 0.717) is 12.1 Å². The summed E-state index contributed by atoms with van der Waals surface area (Å²) in [5.74, 6) is 0. The molecular formula is C16H21N3O. The standard InChI is InChI=1S/C16H21N3O/c1-11-9-15(13(10-17)12(2)18-11)19-7-8-20-16-6-4-3-5-14(16)19/h9,14,16H,3-8H2,1-2H3. The minimum absolute atomic E-state index is 0.331. The third-order valence-corrected chi connectivity index (χ3v) is 4.46. The fraction of sp³-hybridized carbons (Fsp3) is 0.625. The van der Waals surface area contributed by atoms with E-state index in [2.05, 4.69) is 22.0 Å². The molecule has 0 aromatic carbocycles. The van der Waals surface area contributed by atoms with Gasteiger partial charge in [-0.05, 0) is 32.8 Å². The topological polar surface area (TPSA) is 49.1 Å². The van der Waals surface area contributed by atoms with Crippen molar-refractivity contribution in [3.05, 3.63) is 23.0 Å². The molecule has 1 saturated carbocycles. The molecule has 4 nitrogen and oxygen atoms in total. The number of nitrogens with zero attached hydrogens (tertiary/aromatic N) is 3. The molecule has 2 unspecified atom stereocenters. The van der Waals surface area contributed by atoms with Gasteiger partial charge in [0.1, 0.15) is 6.07 Å². The van der Waals surface area contributed by atoms with E-state index in [4.69, 9.17) is 4.74 Å². The largest absolute Gasteiger partial charge is 0.374 e. The van der Waals surface area contributed by atoms with Crippen LogP contribution in [0.4, 0.5) is 5.69 Å². The van der Waals surface area contributed by atoms with Crippen molar-refractivity contribution in [3.63, 3.8) is 0 Å². The molecule has 1 aliphatic carbocycles. The zero-order chi connectivity index (χ0) is 14.1. The Morgan fingerprint density at radius 1 is 1.35 bits per heavy atom. The maximum atomic E-state index is 9.47. The first-order valence-corrected chi connectivity index (χ1v) is 7.47. The highest BCUT2D eigenvalue weighted by atomic mass is 16.5. The monoisotopic (exact) mass is 271 g/mol. The van der Waals surface area contributed by atoms with Gasteiger partial charge in [-0.25, -0.2) is 0 Å². The molecule has 3 rings (SSSR count). The molecule has 2 aliphatic rings. The van der Waals surface area contributed by atoms with Gasteiger partial charge >= 0.3 is 0 Å². The number of rotatable bonds is 1. The second-order valence-corrected chi connectivity index (χ2v) is 5.81. The molecule has 1 aliphatic heterocycles. The van der Waals surface area contributed by atoms with E-state index < -0.39 is 0 Å². The van der Waals surface area contributed by atoms with Crippen LogP contribution in [0.15, 0.2) is 6.07 Å². The number of ether oxygens (including phenoxy) is 1. The van der Waals surface area contributed by atoms with Gasteiger partial charge in [0.2, 0.25) is 0 Å². The van der Waals surface area contributed by atoms with Crippen molar-refractivity contribution in [2.45, 2.75) is 51.7 Å². The van der Waals surface area contributed by atoms with Crippen LogP contribution in [-0.2, 0) is 4.74 Å². The molecule has 2 heterocycles. The molecule has 1 saturated heterocycles. The van der Waals surface area contributed by atoms with Crippen molar-refractivity contribution >= 4 is 5.69 Å². The van der Waals surface area contributed by atoms with Crippen LogP contribution in [0.3, 0.4) is 0 Å². The van der Waals surface area contributed by atoms with Crippen molar-refractivity contribution in [2.75, 3.05) is 18.1 Å². The van der Waals surface area contributed by atoms with Gasteiger partial charge in [0.15, 0.2) is 0 Å². The zero-order valence-corrected chi connectivity index (χ0v) is 12.2. The molecule has 0 spiro atoms. The average molecular weight is 271 g/mol. The first-order valence-electron chi connectivity index (χ1n) is 7.47. The van der Waals surface area contributed by atoms with Crippen molar-refractivity contribution in [1.82, 2.24) is 4.98 Å². The molecule has 2 atom stereocenters. The van der Waals surface area contributed by atoms with Crippen LogP contribution in [0.2, 0.25) is 0 Å². The zero-order valence-electron chi connectivity index (χ0n) is 12.2. The molecule has 4 heteroatoms. The van der Waals surface area contributed by atoms with E-state index in [1.54, 1.807) is 0 Å². The Morgan fingerprint density at radius 3 is 2.95 bits per heavy atom. The highest BCUT2D eigenvalue weighted by Gasteiger charge is 2.35. The number of hydrogen-bond donors (Lipinski definition) is 0. The lowest BCUT2D eigenvalue weighted by Crippen LogP contribution is -2.53. The summed E-state index contributed by atoms with van der Waals surface area (Å²) in [6, 6.07) is 4.82. The Hall–Kier alpha value is -1.60. The Balaban J connectivity index is 2.01. The number of aromatic nitrogens is 1. The lowest BCUT2D eigenvalue weighted by Gasteiger charge is -2.45. The lowest BCUT2D eigenvalue weighted by atomic mass is 9.89. The fourth-order valence-corrected chi connectivity index (χ4v) is 3.57. The van der Waals surface area contributed by atoms with Gasteiger partial charge in [-0.15, -0.1) is 0 Å². The molecule has 1 aromatic rings. The molecule has 2 fully saturated rings. The fourth-order valence-electron chi connectivity index (χ4n) is 3.57. The number of fused-ring (bicyclic) bond motifs is 1. The molecule has 0 N–H and O–H groups in total. The number of pyridine rings is 1. The Morgan fingerprint density at radius 2 is 2.15 bits per heavy atom. The molecule has 20 heavy (non-hydrogen) atoms. The average Bonchev–Trinajstić information content (AvgIpc) is 2.46. The Kier molecular flexibility index (Phi) is 3.62. The van der Waals surface area contributed by atoms with Gasteiger partial charge < -0.3 is 9.64 Å². The van der Waals surface area contributed by atoms with Gasteiger partial charge in [0.05, 0.1) is 35.7 Å². The van der Waals surface area contributed by atoms with E-state index in [0.717, 1.165) is 48.6 Å². The van der Waals surface area contributed by atoms with Crippen molar-refractivity contribution < 1.29 is 4.74 Å². The van der Waals surface area contributed by atoms with E-state index in [-0.39, 0.29) is 0 Å². The SMILES string of the molecule is Cc1cc(N2CCOC3CCCCC32)c(C#N)c(C)n1. The number of anilines is 1. The van der Waals surface area contributed by atoms with Crippen molar-refractivity contribution in [1.29, 1.82) is 5.26 Å². The quantitative estimate of drug-likeness (QED) is 0.788. The van der Waals surface area contributed by atoms with Crippen LogP contribution in [-0.4, -0.2) is 30.3 Å². The summed E-state index contributed by atoms with van der Waals surface area (Å²) < 4.78 is 5.93. The molecule has 0 amide bonds. The normalized spacial score (nSPS) is 25.9. The van der Waals surface area contributed by atoms with E-state index in [9.17, 15) is 5.26 Å². The van der Waals surface area contributed by atoms with Crippen LogP contribution >= 0.6 is 0 Å². The maximum absolute atomic E-state index is 9.47. The summed E-state index contributed by atoms with van der Waals surface area (Å²) in [5.41, 5.74) is 3.59. The van der Waals surface area contributed by atoms with E-state index in [1.165, 1.54) is 12.8 Å². The summed E-state index contributed by atoms with van der Waals surface area (Å²) in [6.45, 7) is 5.55. The molecule has 0 radical (unpaired) electrons. The van der Waals surface area contributed by atoms with Crippen molar-refractivity contribution in [2.24, 2.45) is 0 Å². The number of aryl methyl sites for hydroxylation is 2. The summed E-state index contributed by atoms with van der Waals surface area (Å²) in [5, 5.41) is 9.47. The van der Waals surface area contributed by atoms with Gasteiger partial charge in [-0.1, -0.05) is 12.8 Å². The van der Waals surface area contributed by atoms with Crippen molar-refractivity contribution in [3.8, 4) is 6.07 Å². The highest BCUT2D eigenvalue weighted by Crippen LogP contribution is 2.34. The first-order chi connectivity index (χ1) is 9.70. The van der Waals surface area contributed by atoms with Gasteiger partial charge in [-0.2, -0.15) is 5.26 Å². The predicted molar refractivity (Wildman–Crippen MR) is 77.8 cm³/mol. The van der Waals surface area contributed by atoms with Crippen LogP contribution in [0.5, 0.6) is 0 Å². The van der Waals surface area contributed by atoms with Crippen LogP contribution in [0.25, 0.3) is 0 Å². The minimum atomic E-state index is 0.331. The van der Waals surface area contributed by atoms with E-state index >= 15 is 0 Å². The summed E-state index contributed by atoms with van der Waals surface area (Å²) in [4.78, 5) is 6.82. The maximum Gasteiger partial charge on any atom is 0.103 e. The van der Waals surface area contributed by atoms with Crippen LogP contribution in [0.1, 0.15) is 42.6 Å². The second kappa shape index (κ2) is 5.41. The van der Waals surface area contributed by atoms with Gasteiger partial charge in [-0.3, -0.25) is 4.98 Å². The predicted octanol–water partition coefficient (Wildman–Crippen LogP) is 2.72. The second-order valence-electron chi connectivity index (χ2n) is 5.81. The Labute approximate surface area is 120 Å². The highest BCUT2D eigenvalue weighted by molar-refractivity contribution is 5.62. The molecule has 106 valence electrons. The summed E-state index contributed by atoms with van der Waals surface area (Å²) in [6.07, 6.45) is 5.15. The molecular weight excluding hydrogens is 250 g/mol. The summed E-state index contributed by atoms with van der Waals surface area (Å²) in [7, 11) is 0. The third kappa shape index (κ3) is 2.27. The third-order valence-electron chi connectivity index (χ3n) is 4.46. The Bertz CT molecular complexity index is 547. The van der Waals surface area contributed by atoms with Crippen LogP contribution in [0, 0.1) is 25.2 Å². The minimum Gasteiger partial charge on any atom is -0.374 e. The van der Waals surface area contributed by atoms with Crippen LogP contribution < -0.4 is 4.90 Å².